The summed E-state index contributed by atoms with van der Waals surface area (Å²) in [5.41, 5.74) is 1.25. The van der Waals surface area contributed by atoms with Crippen LogP contribution in [-0.2, 0) is 4.74 Å². The number of amides is 1. The average Bonchev–Trinajstić information content (AvgIpc) is 3.17. The predicted octanol–water partition coefficient (Wildman–Crippen LogP) is 3.42. The number of halogens is 1. The Bertz CT molecular complexity index is 987. The topological polar surface area (TPSA) is 54.9 Å². The first kappa shape index (κ1) is 19.8. The van der Waals surface area contributed by atoms with Gasteiger partial charge in [-0.15, -0.1) is 0 Å². The number of hydrogen-bond donors (Lipinski definition) is 0. The minimum absolute atomic E-state index is 0.190. The molecule has 1 saturated heterocycles. The van der Waals surface area contributed by atoms with Gasteiger partial charge in [0.25, 0.3) is 5.91 Å². The van der Waals surface area contributed by atoms with E-state index in [0.29, 0.717) is 30.5 Å². The molecule has 29 heavy (non-hydrogen) atoms. The van der Waals surface area contributed by atoms with Crippen LogP contribution in [-0.4, -0.2) is 62.3 Å². The first-order valence-corrected chi connectivity index (χ1v) is 10.3. The zero-order valence-corrected chi connectivity index (χ0v) is 17.0. The maximum absolute atomic E-state index is 13.3. The molecular weight excluding hydrogens is 393 g/mol. The second-order valence-corrected chi connectivity index (χ2v) is 7.76. The molecule has 152 valence electrons. The number of benzene rings is 2. The Morgan fingerprint density at radius 1 is 1.24 bits per heavy atom. The van der Waals surface area contributed by atoms with Gasteiger partial charge >= 0.3 is 0 Å². The van der Waals surface area contributed by atoms with Crippen LogP contribution in [0.1, 0.15) is 10.4 Å². The molecule has 0 bridgehead atoms. The second kappa shape index (κ2) is 8.86. The maximum atomic E-state index is 13.3. The summed E-state index contributed by atoms with van der Waals surface area (Å²) < 4.78 is 24.9. The summed E-state index contributed by atoms with van der Waals surface area (Å²) in [5.74, 6) is 0.190. The summed E-state index contributed by atoms with van der Waals surface area (Å²) in [5, 5.41) is 0.621. The van der Waals surface area contributed by atoms with Gasteiger partial charge in [-0.1, -0.05) is 11.3 Å². The Labute approximate surface area is 172 Å². The Hall–Kier alpha value is -2.55. The predicted molar refractivity (Wildman–Crippen MR) is 112 cm³/mol. The number of hydrogen-bond acceptors (Lipinski definition) is 6. The third kappa shape index (κ3) is 4.55. The number of carbonyl (C=O) groups is 1. The largest absolute Gasteiger partial charge is 0.497 e. The number of anilines is 1. The zero-order chi connectivity index (χ0) is 20.2. The van der Waals surface area contributed by atoms with Gasteiger partial charge in [0.15, 0.2) is 5.13 Å². The Balaban J connectivity index is 1.63. The number of rotatable bonds is 6. The highest BCUT2D eigenvalue weighted by molar-refractivity contribution is 7.22. The molecule has 0 aliphatic carbocycles. The highest BCUT2D eigenvalue weighted by Gasteiger charge is 2.23. The highest BCUT2D eigenvalue weighted by Crippen LogP contribution is 2.32. The standard InChI is InChI=1S/C21H22FN3O3S/c1-27-17-6-7-18-19(14-17)29-21(23-18)25(9-8-24-10-12-28-13-11-24)20(26)15-2-4-16(22)5-3-15/h2-7,14H,8-13H2,1H3. The van der Waals surface area contributed by atoms with Gasteiger partial charge in [-0.2, -0.15) is 0 Å². The fraction of sp³-hybridized carbons (Fsp3) is 0.333. The van der Waals surface area contributed by atoms with Crippen molar-refractivity contribution in [1.82, 2.24) is 9.88 Å². The summed E-state index contributed by atoms with van der Waals surface area (Å²) in [6.07, 6.45) is 0. The fourth-order valence-corrected chi connectivity index (χ4v) is 4.25. The molecule has 1 aromatic heterocycles. The smallest absolute Gasteiger partial charge is 0.260 e. The van der Waals surface area contributed by atoms with E-state index in [1.54, 1.807) is 12.0 Å². The number of carbonyl (C=O) groups excluding carboxylic acids is 1. The van der Waals surface area contributed by atoms with Crippen LogP contribution in [0.25, 0.3) is 10.2 Å². The summed E-state index contributed by atoms with van der Waals surface area (Å²) >= 11 is 1.44. The molecule has 0 radical (unpaired) electrons. The van der Waals surface area contributed by atoms with E-state index in [1.807, 2.05) is 18.2 Å². The zero-order valence-electron chi connectivity index (χ0n) is 16.1. The molecule has 3 aromatic rings. The normalized spacial score (nSPS) is 14.8. The molecule has 4 rings (SSSR count). The van der Waals surface area contributed by atoms with E-state index in [4.69, 9.17) is 9.47 Å². The van der Waals surface area contributed by atoms with Gasteiger partial charge < -0.3 is 9.47 Å². The maximum Gasteiger partial charge on any atom is 0.260 e. The van der Waals surface area contributed by atoms with Crippen LogP contribution in [0.3, 0.4) is 0 Å². The third-order valence-electron chi connectivity index (χ3n) is 4.90. The van der Waals surface area contributed by atoms with E-state index in [0.717, 1.165) is 35.6 Å². The molecule has 1 amide bonds. The number of methoxy groups -OCH3 is 1. The number of aromatic nitrogens is 1. The van der Waals surface area contributed by atoms with Crippen molar-refractivity contribution in [3.05, 3.63) is 53.8 Å². The van der Waals surface area contributed by atoms with Gasteiger partial charge in [0, 0.05) is 31.7 Å². The molecule has 6 nitrogen and oxygen atoms in total. The molecule has 2 aromatic carbocycles. The fourth-order valence-electron chi connectivity index (χ4n) is 3.23. The van der Waals surface area contributed by atoms with Crippen molar-refractivity contribution < 1.29 is 18.7 Å². The quantitative estimate of drug-likeness (QED) is 0.618. The number of thiazole rings is 1. The number of morpholine rings is 1. The minimum atomic E-state index is -0.367. The van der Waals surface area contributed by atoms with Crippen LogP contribution in [0.5, 0.6) is 5.75 Å². The molecule has 0 saturated carbocycles. The van der Waals surface area contributed by atoms with Crippen molar-refractivity contribution in [2.45, 2.75) is 0 Å². The molecule has 2 heterocycles. The lowest BCUT2D eigenvalue weighted by molar-refractivity contribution is 0.0391. The van der Waals surface area contributed by atoms with Crippen LogP contribution in [0.2, 0.25) is 0 Å². The first-order valence-electron chi connectivity index (χ1n) is 9.46. The van der Waals surface area contributed by atoms with Gasteiger partial charge in [-0.05, 0) is 42.5 Å². The molecule has 0 unspecified atom stereocenters. The molecule has 1 aliphatic rings. The first-order chi connectivity index (χ1) is 14.1. The van der Waals surface area contributed by atoms with Gasteiger partial charge in [0.2, 0.25) is 0 Å². The molecule has 8 heteroatoms. The highest BCUT2D eigenvalue weighted by atomic mass is 32.1. The van der Waals surface area contributed by atoms with E-state index >= 15 is 0 Å². The number of ether oxygens (including phenoxy) is 2. The summed E-state index contributed by atoms with van der Waals surface area (Å²) in [4.78, 5) is 21.8. The van der Waals surface area contributed by atoms with E-state index in [9.17, 15) is 9.18 Å². The van der Waals surface area contributed by atoms with E-state index < -0.39 is 0 Å². The summed E-state index contributed by atoms with van der Waals surface area (Å²) in [7, 11) is 1.62. The van der Waals surface area contributed by atoms with Gasteiger partial charge in [0.1, 0.15) is 11.6 Å². The number of nitrogens with zero attached hydrogens (tertiary/aromatic N) is 3. The Kier molecular flexibility index (Phi) is 6.03. The summed E-state index contributed by atoms with van der Waals surface area (Å²) in [6, 6.07) is 11.3. The van der Waals surface area contributed by atoms with Crippen molar-refractivity contribution in [2.75, 3.05) is 51.4 Å². The minimum Gasteiger partial charge on any atom is -0.497 e. The van der Waals surface area contributed by atoms with E-state index in [1.165, 1.54) is 35.6 Å². The molecule has 0 spiro atoms. The van der Waals surface area contributed by atoms with Crippen molar-refractivity contribution >= 4 is 32.6 Å². The van der Waals surface area contributed by atoms with Crippen LogP contribution in [0.4, 0.5) is 9.52 Å². The molecule has 0 N–H and O–H groups in total. The van der Waals surface area contributed by atoms with Crippen LogP contribution in [0.15, 0.2) is 42.5 Å². The third-order valence-corrected chi connectivity index (χ3v) is 5.94. The average molecular weight is 415 g/mol. The lowest BCUT2D eigenvalue weighted by atomic mass is 10.2. The van der Waals surface area contributed by atoms with E-state index in [-0.39, 0.29) is 11.7 Å². The second-order valence-electron chi connectivity index (χ2n) is 6.75. The molecular formula is C21H22FN3O3S. The van der Waals surface area contributed by atoms with Crippen molar-refractivity contribution in [1.29, 1.82) is 0 Å². The van der Waals surface area contributed by atoms with Crippen molar-refractivity contribution in [3.8, 4) is 5.75 Å². The Morgan fingerprint density at radius 2 is 2.00 bits per heavy atom. The lowest BCUT2D eigenvalue weighted by Crippen LogP contribution is -2.43. The lowest BCUT2D eigenvalue weighted by Gasteiger charge is -2.29. The summed E-state index contributed by atoms with van der Waals surface area (Å²) in [6.45, 7) is 4.30. The van der Waals surface area contributed by atoms with Crippen LogP contribution in [0, 0.1) is 5.82 Å². The van der Waals surface area contributed by atoms with Crippen molar-refractivity contribution in [3.63, 3.8) is 0 Å². The van der Waals surface area contributed by atoms with Crippen LogP contribution >= 0.6 is 11.3 Å². The van der Waals surface area contributed by atoms with Crippen molar-refractivity contribution in [2.24, 2.45) is 0 Å². The monoisotopic (exact) mass is 415 g/mol. The molecule has 0 atom stereocenters. The SMILES string of the molecule is COc1ccc2nc(N(CCN3CCOCC3)C(=O)c3ccc(F)cc3)sc2c1. The van der Waals surface area contributed by atoms with E-state index in [2.05, 4.69) is 9.88 Å². The van der Waals surface area contributed by atoms with Gasteiger partial charge in [0.05, 0.1) is 30.5 Å². The Morgan fingerprint density at radius 3 is 2.72 bits per heavy atom. The van der Waals surface area contributed by atoms with Gasteiger partial charge in [-0.25, -0.2) is 9.37 Å². The van der Waals surface area contributed by atoms with Gasteiger partial charge in [-0.3, -0.25) is 14.6 Å². The molecule has 1 fully saturated rings. The number of fused-ring (bicyclic) bond motifs is 1. The van der Waals surface area contributed by atoms with Crippen LogP contribution < -0.4 is 9.64 Å². The molecule has 1 aliphatic heterocycles.